The molecule has 1 unspecified atom stereocenters. The molecule has 0 spiro atoms. The van der Waals surface area contributed by atoms with Gasteiger partial charge in [0.05, 0.1) is 23.6 Å². The summed E-state index contributed by atoms with van der Waals surface area (Å²) in [5, 5.41) is 16.5. The standard InChI is InChI=1S/C17H24N4O5/c1-11(2)18-17(23)20-8-4-5-12(10-20)16(22)19-14-9-13(21(24)25)6-7-15(14)26-3/h6-7,9,11-12H,4-5,8,10H2,1-3H3,(H,18,23)(H,19,22). The second kappa shape index (κ2) is 8.50. The predicted octanol–water partition coefficient (Wildman–Crippen LogP) is 2.37. The second-order valence-corrected chi connectivity index (χ2v) is 6.52. The maximum Gasteiger partial charge on any atom is 0.317 e. The third-order valence-corrected chi connectivity index (χ3v) is 4.14. The molecule has 1 saturated heterocycles. The Morgan fingerprint density at radius 1 is 1.38 bits per heavy atom. The molecule has 26 heavy (non-hydrogen) atoms. The fourth-order valence-electron chi connectivity index (χ4n) is 2.86. The van der Waals surface area contributed by atoms with E-state index in [0.29, 0.717) is 25.3 Å². The first kappa shape index (κ1) is 19.5. The van der Waals surface area contributed by atoms with Gasteiger partial charge in [-0.3, -0.25) is 14.9 Å². The minimum absolute atomic E-state index is 0.0193. The Morgan fingerprint density at radius 2 is 2.12 bits per heavy atom. The first-order valence-electron chi connectivity index (χ1n) is 8.50. The number of carbonyl (C=O) groups excluding carboxylic acids is 2. The van der Waals surface area contributed by atoms with E-state index in [1.165, 1.54) is 25.3 Å². The van der Waals surface area contributed by atoms with Gasteiger partial charge in [0.1, 0.15) is 5.75 Å². The van der Waals surface area contributed by atoms with Crippen molar-refractivity contribution in [2.24, 2.45) is 5.92 Å². The number of rotatable bonds is 5. The molecule has 0 aromatic heterocycles. The predicted molar refractivity (Wildman–Crippen MR) is 96.2 cm³/mol. The molecule has 142 valence electrons. The van der Waals surface area contributed by atoms with E-state index in [4.69, 9.17) is 4.74 Å². The molecule has 9 heteroatoms. The van der Waals surface area contributed by atoms with Gasteiger partial charge in [0.2, 0.25) is 5.91 Å². The van der Waals surface area contributed by atoms with Crippen LogP contribution in [0.4, 0.5) is 16.2 Å². The molecule has 1 heterocycles. The molecule has 1 atom stereocenters. The van der Waals surface area contributed by atoms with Crippen molar-refractivity contribution in [3.63, 3.8) is 0 Å². The highest BCUT2D eigenvalue weighted by molar-refractivity contribution is 5.95. The number of nitrogens with zero attached hydrogens (tertiary/aromatic N) is 2. The number of amides is 3. The van der Waals surface area contributed by atoms with Crippen molar-refractivity contribution >= 4 is 23.3 Å². The van der Waals surface area contributed by atoms with E-state index in [1.54, 1.807) is 4.90 Å². The van der Waals surface area contributed by atoms with Crippen molar-refractivity contribution in [1.82, 2.24) is 10.2 Å². The van der Waals surface area contributed by atoms with Gasteiger partial charge in [-0.25, -0.2) is 4.79 Å². The minimum atomic E-state index is -0.534. The molecule has 1 aliphatic heterocycles. The summed E-state index contributed by atoms with van der Waals surface area (Å²) in [7, 11) is 1.43. The third-order valence-electron chi connectivity index (χ3n) is 4.14. The average molecular weight is 364 g/mol. The van der Waals surface area contributed by atoms with Gasteiger partial charge in [-0.15, -0.1) is 0 Å². The zero-order valence-corrected chi connectivity index (χ0v) is 15.2. The summed E-state index contributed by atoms with van der Waals surface area (Å²) >= 11 is 0. The number of urea groups is 1. The number of piperidine rings is 1. The number of hydrogen-bond acceptors (Lipinski definition) is 5. The maximum atomic E-state index is 12.6. The molecular formula is C17H24N4O5. The first-order valence-corrected chi connectivity index (χ1v) is 8.50. The molecule has 1 fully saturated rings. The Hall–Kier alpha value is -2.84. The largest absolute Gasteiger partial charge is 0.495 e. The molecule has 0 saturated carbocycles. The number of methoxy groups -OCH3 is 1. The van der Waals surface area contributed by atoms with Crippen molar-refractivity contribution in [3.05, 3.63) is 28.3 Å². The van der Waals surface area contributed by atoms with Crippen LogP contribution < -0.4 is 15.4 Å². The summed E-state index contributed by atoms with van der Waals surface area (Å²) < 4.78 is 5.16. The Kier molecular flexibility index (Phi) is 6.37. The number of ether oxygens (including phenoxy) is 1. The average Bonchev–Trinajstić information content (AvgIpc) is 2.61. The van der Waals surface area contributed by atoms with Crippen LogP contribution in [0.2, 0.25) is 0 Å². The molecular weight excluding hydrogens is 340 g/mol. The fraction of sp³-hybridized carbons (Fsp3) is 0.529. The Bertz CT molecular complexity index is 692. The van der Waals surface area contributed by atoms with Crippen molar-refractivity contribution in [2.75, 3.05) is 25.5 Å². The molecule has 0 bridgehead atoms. The molecule has 0 aliphatic carbocycles. The summed E-state index contributed by atoms with van der Waals surface area (Å²) in [6, 6.07) is 3.85. The van der Waals surface area contributed by atoms with Crippen LogP contribution in [0, 0.1) is 16.0 Å². The Morgan fingerprint density at radius 3 is 2.73 bits per heavy atom. The van der Waals surface area contributed by atoms with Crippen molar-refractivity contribution in [2.45, 2.75) is 32.7 Å². The van der Waals surface area contributed by atoms with E-state index in [9.17, 15) is 19.7 Å². The van der Waals surface area contributed by atoms with Crippen LogP contribution in [-0.4, -0.2) is 48.0 Å². The van der Waals surface area contributed by atoms with Crippen LogP contribution in [-0.2, 0) is 4.79 Å². The molecule has 3 amide bonds. The van der Waals surface area contributed by atoms with E-state index < -0.39 is 4.92 Å². The van der Waals surface area contributed by atoms with E-state index in [2.05, 4.69) is 10.6 Å². The molecule has 1 aromatic carbocycles. The van der Waals surface area contributed by atoms with Gasteiger partial charge in [-0.1, -0.05) is 0 Å². The molecule has 2 rings (SSSR count). The maximum absolute atomic E-state index is 12.6. The van der Waals surface area contributed by atoms with E-state index in [0.717, 1.165) is 6.42 Å². The highest BCUT2D eigenvalue weighted by Gasteiger charge is 2.29. The van der Waals surface area contributed by atoms with Gasteiger partial charge in [0.25, 0.3) is 5.69 Å². The van der Waals surface area contributed by atoms with Gasteiger partial charge in [-0.2, -0.15) is 0 Å². The minimum Gasteiger partial charge on any atom is -0.495 e. The van der Waals surface area contributed by atoms with Crippen LogP contribution in [0.5, 0.6) is 5.75 Å². The lowest BCUT2D eigenvalue weighted by molar-refractivity contribution is -0.384. The summed E-state index contributed by atoms with van der Waals surface area (Å²) in [5.74, 6) is -0.328. The summed E-state index contributed by atoms with van der Waals surface area (Å²) in [5.41, 5.74) is 0.109. The number of nitro groups is 1. The number of nitrogens with one attached hydrogen (secondary N) is 2. The molecule has 0 radical (unpaired) electrons. The van der Waals surface area contributed by atoms with Crippen molar-refractivity contribution in [1.29, 1.82) is 0 Å². The highest BCUT2D eigenvalue weighted by atomic mass is 16.6. The number of carbonyl (C=O) groups is 2. The number of anilines is 1. The monoisotopic (exact) mass is 364 g/mol. The smallest absolute Gasteiger partial charge is 0.317 e. The van der Waals surface area contributed by atoms with Crippen molar-refractivity contribution < 1.29 is 19.2 Å². The lowest BCUT2D eigenvalue weighted by Gasteiger charge is -2.32. The number of hydrogen-bond donors (Lipinski definition) is 2. The first-order chi connectivity index (χ1) is 12.3. The van der Waals surface area contributed by atoms with Gasteiger partial charge >= 0.3 is 6.03 Å². The number of non-ortho nitro benzene ring substituents is 1. The number of nitro benzene ring substituents is 1. The topological polar surface area (TPSA) is 114 Å². The summed E-state index contributed by atoms with van der Waals surface area (Å²) in [6.45, 7) is 4.66. The SMILES string of the molecule is COc1ccc([N+](=O)[O-])cc1NC(=O)C1CCCN(C(=O)NC(C)C)C1. The van der Waals surface area contributed by atoms with Crippen LogP contribution in [0.15, 0.2) is 18.2 Å². The van der Waals surface area contributed by atoms with Gasteiger partial charge in [0.15, 0.2) is 0 Å². The molecule has 1 aliphatic rings. The van der Waals surface area contributed by atoms with Crippen LogP contribution >= 0.6 is 0 Å². The van der Waals surface area contributed by atoms with Crippen LogP contribution in [0.1, 0.15) is 26.7 Å². The molecule has 9 nitrogen and oxygen atoms in total. The molecule has 2 N–H and O–H groups in total. The lowest BCUT2D eigenvalue weighted by Crippen LogP contribution is -2.49. The number of benzene rings is 1. The van der Waals surface area contributed by atoms with Crippen molar-refractivity contribution in [3.8, 4) is 5.75 Å². The number of likely N-dealkylation sites (tertiary alicyclic amines) is 1. The quantitative estimate of drug-likeness (QED) is 0.615. The normalized spacial score (nSPS) is 16.9. The second-order valence-electron chi connectivity index (χ2n) is 6.52. The zero-order chi connectivity index (χ0) is 19.3. The van der Waals surface area contributed by atoms with E-state index in [1.807, 2.05) is 13.8 Å². The van der Waals surface area contributed by atoms with Gasteiger partial charge in [0, 0.05) is 31.3 Å². The van der Waals surface area contributed by atoms with E-state index >= 15 is 0 Å². The summed E-state index contributed by atoms with van der Waals surface area (Å²) in [4.78, 5) is 36.8. The Labute approximate surface area is 151 Å². The fourth-order valence-corrected chi connectivity index (χ4v) is 2.86. The zero-order valence-electron chi connectivity index (χ0n) is 15.2. The molecule has 1 aromatic rings. The third kappa shape index (κ3) is 4.84. The van der Waals surface area contributed by atoms with E-state index in [-0.39, 0.29) is 35.3 Å². The van der Waals surface area contributed by atoms with Gasteiger partial charge < -0.3 is 20.3 Å². The Balaban J connectivity index is 2.08. The van der Waals surface area contributed by atoms with Crippen LogP contribution in [0.3, 0.4) is 0 Å². The van der Waals surface area contributed by atoms with Crippen LogP contribution in [0.25, 0.3) is 0 Å². The van der Waals surface area contributed by atoms with Gasteiger partial charge in [-0.05, 0) is 32.8 Å². The highest BCUT2D eigenvalue weighted by Crippen LogP contribution is 2.30. The lowest BCUT2D eigenvalue weighted by atomic mass is 9.97. The summed E-state index contributed by atoms with van der Waals surface area (Å²) in [6.07, 6.45) is 1.37.